The second-order valence-corrected chi connectivity index (χ2v) is 7.94. The van der Waals surface area contributed by atoms with Crippen LogP contribution in [-0.4, -0.2) is 29.6 Å². The van der Waals surface area contributed by atoms with Gasteiger partial charge in [0, 0.05) is 10.6 Å². The van der Waals surface area contributed by atoms with Crippen LogP contribution in [0.5, 0.6) is 5.75 Å². The summed E-state index contributed by atoms with van der Waals surface area (Å²) in [6.45, 7) is 2.40. The summed E-state index contributed by atoms with van der Waals surface area (Å²) in [7, 11) is 0. The van der Waals surface area contributed by atoms with Crippen LogP contribution in [0.3, 0.4) is 0 Å². The molecule has 1 aromatic carbocycles. The summed E-state index contributed by atoms with van der Waals surface area (Å²) in [4.78, 5) is 25.8. The van der Waals surface area contributed by atoms with Gasteiger partial charge in [-0.2, -0.15) is 10.1 Å². The number of allylic oxidation sites excluding steroid dienone is 2. The Morgan fingerprint density at radius 2 is 1.85 bits per heavy atom. The van der Waals surface area contributed by atoms with Crippen molar-refractivity contribution in [1.29, 1.82) is 0 Å². The zero-order valence-electron chi connectivity index (χ0n) is 14.3. The monoisotopic (exact) mass is 370 g/mol. The highest BCUT2D eigenvalue weighted by Gasteiger charge is 2.67. The molecule has 0 N–H and O–H groups in total. The molecule has 3 fully saturated rings. The fraction of sp³-hybridized carbons (Fsp3) is 0.450. The average Bonchev–Trinajstić information content (AvgIpc) is 3.41. The second-order valence-electron chi connectivity index (χ2n) is 7.50. The summed E-state index contributed by atoms with van der Waals surface area (Å²) in [6.07, 6.45) is 6.96. The third kappa shape index (κ3) is 2.19. The summed E-state index contributed by atoms with van der Waals surface area (Å²) in [5.74, 6) is 1.41. The predicted octanol–water partition coefficient (Wildman–Crippen LogP) is 3.13. The highest BCUT2D eigenvalue weighted by molar-refractivity contribution is 6.31. The smallest absolute Gasteiger partial charge is 0.254 e. The lowest BCUT2D eigenvalue weighted by Gasteiger charge is -2.37. The van der Waals surface area contributed by atoms with Gasteiger partial charge in [-0.25, -0.2) is 0 Å². The van der Waals surface area contributed by atoms with Gasteiger partial charge in [-0.05, 0) is 55.2 Å². The van der Waals surface area contributed by atoms with Crippen molar-refractivity contribution in [3.05, 3.63) is 40.9 Å². The van der Waals surface area contributed by atoms with Crippen LogP contribution in [0, 0.1) is 35.5 Å². The van der Waals surface area contributed by atoms with Gasteiger partial charge in [0.15, 0.2) is 0 Å². The molecular formula is C20H19ClN2O3. The third-order valence-electron chi connectivity index (χ3n) is 6.22. The van der Waals surface area contributed by atoms with Gasteiger partial charge in [0.1, 0.15) is 5.75 Å². The predicted molar refractivity (Wildman–Crippen MR) is 96.8 cm³/mol. The van der Waals surface area contributed by atoms with Gasteiger partial charge < -0.3 is 4.74 Å². The van der Waals surface area contributed by atoms with Gasteiger partial charge in [0.05, 0.1) is 24.7 Å². The number of ether oxygens (including phenoxy) is 1. The van der Waals surface area contributed by atoms with Gasteiger partial charge in [-0.15, -0.1) is 0 Å². The molecule has 0 aromatic heterocycles. The topological polar surface area (TPSA) is 59.0 Å². The minimum Gasteiger partial charge on any atom is -0.493 e. The number of nitrogens with zero attached hydrogens (tertiary/aromatic N) is 2. The van der Waals surface area contributed by atoms with Crippen molar-refractivity contribution in [3.63, 3.8) is 0 Å². The molecule has 1 aromatic rings. The molecule has 6 rings (SSSR count). The van der Waals surface area contributed by atoms with E-state index in [0.717, 1.165) is 11.4 Å². The molecule has 0 unspecified atom stereocenters. The first-order chi connectivity index (χ1) is 12.6. The third-order valence-corrected chi connectivity index (χ3v) is 6.46. The quantitative estimate of drug-likeness (QED) is 0.465. The van der Waals surface area contributed by atoms with Crippen LogP contribution in [0.2, 0.25) is 5.02 Å². The molecule has 5 nitrogen and oxygen atoms in total. The van der Waals surface area contributed by atoms with E-state index >= 15 is 0 Å². The number of amides is 2. The fourth-order valence-electron chi connectivity index (χ4n) is 5.08. The summed E-state index contributed by atoms with van der Waals surface area (Å²) in [5, 5.41) is 5.86. The molecule has 1 saturated heterocycles. The highest BCUT2D eigenvalue weighted by Crippen LogP contribution is 2.65. The van der Waals surface area contributed by atoms with Crippen molar-refractivity contribution in [3.8, 4) is 5.75 Å². The Kier molecular flexibility index (Phi) is 3.51. The van der Waals surface area contributed by atoms with E-state index in [-0.39, 0.29) is 35.5 Å². The SMILES string of the molecule is CCOc1ccc(Cl)cc1/C=N/N1C(=O)[C@@H]2[C@@H]3C=C[C@H]([C@H]4C[C@H]34)[C@@H]2C1=O. The van der Waals surface area contributed by atoms with E-state index in [1.807, 2.05) is 6.92 Å². The summed E-state index contributed by atoms with van der Waals surface area (Å²) in [5.41, 5.74) is 0.652. The molecule has 2 saturated carbocycles. The maximum absolute atomic E-state index is 12.9. The maximum atomic E-state index is 12.9. The van der Waals surface area contributed by atoms with Crippen molar-refractivity contribution >= 4 is 29.6 Å². The molecule has 0 radical (unpaired) electrons. The highest BCUT2D eigenvalue weighted by atomic mass is 35.5. The van der Waals surface area contributed by atoms with Crippen LogP contribution in [0.1, 0.15) is 18.9 Å². The van der Waals surface area contributed by atoms with Gasteiger partial charge >= 0.3 is 0 Å². The number of benzene rings is 1. The molecule has 134 valence electrons. The van der Waals surface area contributed by atoms with Crippen LogP contribution in [0.4, 0.5) is 0 Å². The zero-order valence-corrected chi connectivity index (χ0v) is 15.1. The number of hydrogen-bond acceptors (Lipinski definition) is 4. The molecule has 1 aliphatic heterocycles. The molecular weight excluding hydrogens is 352 g/mol. The molecule has 2 amide bonds. The Morgan fingerprint density at radius 3 is 2.46 bits per heavy atom. The number of hydrogen-bond donors (Lipinski definition) is 0. The second kappa shape index (κ2) is 5.68. The lowest BCUT2D eigenvalue weighted by Crippen LogP contribution is -2.40. The van der Waals surface area contributed by atoms with Crippen LogP contribution in [0.25, 0.3) is 0 Å². The molecule has 2 bridgehead atoms. The van der Waals surface area contributed by atoms with E-state index in [1.165, 1.54) is 6.21 Å². The van der Waals surface area contributed by atoms with E-state index in [4.69, 9.17) is 16.3 Å². The Hall–Kier alpha value is -2.14. The summed E-state index contributed by atoms with van der Waals surface area (Å²) in [6, 6.07) is 5.22. The Balaban J connectivity index is 1.44. The van der Waals surface area contributed by atoms with Crippen molar-refractivity contribution < 1.29 is 14.3 Å². The standard InChI is InChI=1S/C20H19ClN2O3/c1-2-26-16-6-3-11(21)7-10(16)9-22-23-19(24)17-12-4-5-13(15-8-14(12)15)18(17)20(23)25/h3-7,9,12-15,17-18H,2,8H2,1H3/b22-9+/t12-,13-,14-,15-,17-,18+/m1/s1. The van der Waals surface area contributed by atoms with Gasteiger partial charge in [0.2, 0.25) is 0 Å². The van der Waals surface area contributed by atoms with Gasteiger partial charge in [0.25, 0.3) is 11.8 Å². The Bertz CT molecular complexity index is 829. The largest absolute Gasteiger partial charge is 0.493 e. The fourth-order valence-corrected chi connectivity index (χ4v) is 5.26. The van der Waals surface area contributed by atoms with E-state index < -0.39 is 0 Å². The van der Waals surface area contributed by atoms with Crippen molar-refractivity contribution in [1.82, 2.24) is 5.01 Å². The average molecular weight is 371 g/mol. The van der Waals surface area contributed by atoms with E-state index in [0.29, 0.717) is 34.8 Å². The molecule has 5 aliphatic rings. The van der Waals surface area contributed by atoms with Crippen molar-refractivity contribution in [2.24, 2.45) is 40.6 Å². The molecule has 26 heavy (non-hydrogen) atoms. The zero-order chi connectivity index (χ0) is 18.0. The van der Waals surface area contributed by atoms with Crippen LogP contribution in [0.15, 0.2) is 35.5 Å². The minimum absolute atomic E-state index is 0.166. The number of imide groups is 1. The van der Waals surface area contributed by atoms with E-state index in [9.17, 15) is 9.59 Å². The Labute approximate surface area is 156 Å². The summed E-state index contributed by atoms with van der Waals surface area (Å²) < 4.78 is 5.57. The number of hydrazone groups is 1. The molecule has 1 heterocycles. The summed E-state index contributed by atoms with van der Waals surface area (Å²) >= 11 is 6.06. The van der Waals surface area contributed by atoms with E-state index in [1.54, 1.807) is 18.2 Å². The number of carbonyl (C=O) groups is 2. The van der Waals surface area contributed by atoms with Crippen LogP contribution >= 0.6 is 11.6 Å². The lowest BCUT2D eigenvalue weighted by atomic mass is 9.63. The first kappa shape index (κ1) is 16.1. The molecule has 0 spiro atoms. The number of halogens is 1. The molecule has 6 heteroatoms. The normalized spacial score (nSPS) is 36.6. The molecule has 6 atom stereocenters. The van der Waals surface area contributed by atoms with E-state index in [2.05, 4.69) is 17.3 Å². The Morgan fingerprint density at radius 1 is 1.19 bits per heavy atom. The number of carbonyl (C=O) groups excluding carboxylic acids is 2. The number of rotatable bonds is 4. The van der Waals surface area contributed by atoms with Gasteiger partial charge in [-0.1, -0.05) is 23.8 Å². The van der Waals surface area contributed by atoms with Crippen LogP contribution < -0.4 is 4.74 Å². The maximum Gasteiger partial charge on any atom is 0.254 e. The van der Waals surface area contributed by atoms with Gasteiger partial charge in [-0.3, -0.25) is 9.59 Å². The van der Waals surface area contributed by atoms with Crippen molar-refractivity contribution in [2.75, 3.05) is 6.61 Å². The van der Waals surface area contributed by atoms with Crippen LogP contribution in [-0.2, 0) is 9.59 Å². The first-order valence-electron chi connectivity index (χ1n) is 9.12. The lowest BCUT2D eigenvalue weighted by molar-refractivity contribution is -0.140. The van der Waals surface area contributed by atoms with Crippen molar-refractivity contribution in [2.45, 2.75) is 13.3 Å². The molecule has 4 aliphatic carbocycles. The first-order valence-corrected chi connectivity index (χ1v) is 9.50. The minimum atomic E-state index is -0.232.